The van der Waals surface area contributed by atoms with E-state index in [2.05, 4.69) is 85.3 Å². The molecule has 5 heteroatoms. The van der Waals surface area contributed by atoms with Crippen LogP contribution in [0.25, 0.3) is 0 Å². The van der Waals surface area contributed by atoms with Crippen LogP contribution in [-0.4, -0.2) is 40.2 Å². The molecule has 4 aliphatic heterocycles. The van der Waals surface area contributed by atoms with Gasteiger partial charge >= 0.3 is 5.97 Å². The Kier molecular flexibility index (Phi) is 4.61. The Morgan fingerprint density at radius 3 is 1.81 bits per heavy atom. The molecule has 3 aromatic rings. The second kappa shape index (κ2) is 7.48. The van der Waals surface area contributed by atoms with E-state index in [-0.39, 0.29) is 5.97 Å². The highest BCUT2D eigenvalue weighted by Gasteiger charge is 2.52. The van der Waals surface area contributed by atoms with Gasteiger partial charge in [-0.3, -0.25) is 0 Å². The molecule has 2 fully saturated rings. The molecule has 4 aliphatic rings. The van der Waals surface area contributed by atoms with Gasteiger partial charge in [0.25, 0.3) is 0 Å². The number of rotatable bonds is 3. The lowest BCUT2D eigenvalue weighted by Crippen LogP contribution is -2.63. The summed E-state index contributed by atoms with van der Waals surface area (Å²) in [6.07, 6.45) is 2.51. The molecule has 0 unspecified atom stereocenters. The average molecular weight is 495 g/mol. The number of esters is 1. The molecule has 0 radical (unpaired) electrons. The summed E-state index contributed by atoms with van der Waals surface area (Å²) in [6.45, 7) is 13.9. The molecule has 0 atom stereocenters. The van der Waals surface area contributed by atoms with Crippen LogP contribution in [0.15, 0.2) is 54.6 Å². The van der Waals surface area contributed by atoms with Crippen molar-refractivity contribution in [2.45, 2.75) is 51.3 Å². The highest BCUT2D eigenvalue weighted by Crippen LogP contribution is 2.50. The van der Waals surface area contributed by atoms with E-state index >= 15 is 0 Å². The van der Waals surface area contributed by atoms with E-state index in [9.17, 15) is 4.79 Å². The minimum Gasteiger partial charge on any atom is -0.441 e. The molecular weight excluding hydrogens is 460 g/mol. The fourth-order valence-corrected chi connectivity index (χ4v) is 9.76. The van der Waals surface area contributed by atoms with E-state index in [1.54, 1.807) is 0 Å². The van der Waals surface area contributed by atoms with Gasteiger partial charge in [-0.1, -0.05) is 52.3 Å². The zero-order valence-electron chi connectivity index (χ0n) is 21.7. The van der Waals surface area contributed by atoms with Crippen molar-refractivity contribution in [3.8, 4) is 0 Å². The molecule has 0 N–H and O–H groups in total. The summed E-state index contributed by atoms with van der Waals surface area (Å²) in [5, 5.41) is 2.80. The standard InChI is InChI=1S/C31H34N2O2Si/c1-20(2)21-7-10-24-27(17-21)31(35-30(24)34)25-11-8-22(32-13-5-14-32)18-28(25)36(3,4)29-19-23(9-12-26(29)31)33-15-6-16-33/h7-12,17-20H,5-6,13-16H2,1-4H3/q-1. The maximum Gasteiger partial charge on any atom is 0.340 e. The lowest BCUT2D eigenvalue weighted by Gasteiger charge is -2.52. The number of carbonyl (C=O) groups is 1. The average Bonchev–Trinajstić information content (AvgIpc) is 3.08. The third-order valence-corrected chi connectivity index (χ3v) is 12.6. The van der Waals surface area contributed by atoms with Crippen LogP contribution < -0.4 is 20.2 Å². The number of hydrogen-bond acceptors (Lipinski definition) is 4. The third-order valence-electron chi connectivity index (χ3n) is 9.11. The van der Waals surface area contributed by atoms with E-state index in [4.69, 9.17) is 4.74 Å². The lowest BCUT2D eigenvalue weighted by molar-refractivity contribution is 0.0255. The molecule has 0 saturated carbocycles. The summed E-state index contributed by atoms with van der Waals surface area (Å²) in [5.74, 6) is 0.163. The van der Waals surface area contributed by atoms with Crippen molar-refractivity contribution in [1.29, 1.82) is 0 Å². The highest BCUT2D eigenvalue weighted by atomic mass is 28.3. The van der Waals surface area contributed by atoms with Crippen LogP contribution in [0.1, 0.15) is 65.2 Å². The van der Waals surface area contributed by atoms with Gasteiger partial charge in [-0.15, -0.1) is 0 Å². The minimum atomic E-state index is -2.08. The number of carbonyl (C=O) groups excluding carboxylic acids is 1. The summed E-state index contributed by atoms with van der Waals surface area (Å²) >= 11 is 0. The van der Waals surface area contributed by atoms with Gasteiger partial charge in [0.2, 0.25) is 0 Å². The Labute approximate surface area is 214 Å². The summed E-state index contributed by atoms with van der Waals surface area (Å²) in [6, 6.07) is 20.2. The van der Waals surface area contributed by atoms with Crippen LogP contribution in [-0.2, 0) is 10.3 Å². The van der Waals surface area contributed by atoms with Gasteiger partial charge in [-0.25, -0.2) is 4.79 Å². The number of ether oxygens (including phenoxy) is 1. The van der Waals surface area contributed by atoms with Crippen molar-refractivity contribution < 1.29 is 9.53 Å². The zero-order chi connectivity index (χ0) is 24.8. The van der Waals surface area contributed by atoms with Crippen molar-refractivity contribution in [3.05, 3.63) is 82.4 Å². The fraction of sp³-hybridized carbons (Fsp3) is 0.387. The first-order chi connectivity index (χ1) is 17.3. The van der Waals surface area contributed by atoms with Crippen LogP contribution in [0.3, 0.4) is 0 Å². The van der Waals surface area contributed by atoms with Gasteiger partial charge in [0, 0.05) is 43.1 Å². The second-order valence-corrected chi connectivity index (χ2v) is 16.1. The van der Waals surface area contributed by atoms with Crippen LogP contribution in [0.2, 0.25) is 13.1 Å². The van der Waals surface area contributed by atoms with E-state index in [1.807, 2.05) is 6.07 Å². The molecule has 7 rings (SSSR count). The minimum absolute atomic E-state index is 0.211. The monoisotopic (exact) mass is 494 g/mol. The molecule has 0 bridgehead atoms. The van der Waals surface area contributed by atoms with Gasteiger partial charge in [0.1, 0.15) is 0 Å². The van der Waals surface area contributed by atoms with Crippen molar-refractivity contribution >= 4 is 35.8 Å². The molecule has 4 nitrogen and oxygen atoms in total. The number of nitrogens with zero attached hydrogens (tertiary/aromatic N) is 2. The number of hydrogen-bond donors (Lipinski definition) is 0. The van der Waals surface area contributed by atoms with Gasteiger partial charge < -0.3 is 14.5 Å². The first kappa shape index (κ1) is 22.2. The Bertz CT molecular complexity index is 1350. The Hall–Kier alpha value is -3.05. The first-order valence-electron chi connectivity index (χ1n) is 13.5. The van der Waals surface area contributed by atoms with Gasteiger partial charge in [-0.05, 0) is 59.7 Å². The maximum atomic E-state index is 13.4. The number of fused-ring (bicyclic) bond motifs is 6. The molecular formula is C31H34N2O2Si-. The van der Waals surface area contributed by atoms with Gasteiger partial charge in [-0.2, -0.15) is 23.5 Å². The SMILES string of the molecule is CC(C)c1ccc2c(c1)C1(OC2=O)c2ccc(N3CCC3)cc2[Si-](C)(C)c2cc(N3CCC3)ccc21. The normalized spacial score (nSPS) is 20.4. The smallest absolute Gasteiger partial charge is 0.340 e. The molecule has 0 aliphatic carbocycles. The summed E-state index contributed by atoms with van der Waals surface area (Å²) in [5.41, 5.74) is 7.02. The molecule has 36 heavy (non-hydrogen) atoms. The lowest BCUT2D eigenvalue weighted by atomic mass is 9.78. The van der Waals surface area contributed by atoms with Crippen molar-refractivity contribution in [1.82, 2.24) is 0 Å². The maximum absolute atomic E-state index is 13.4. The predicted octanol–water partition coefficient (Wildman–Crippen LogP) is 4.83. The molecule has 0 aromatic heterocycles. The van der Waals surface area contributed by atoms with Crippen molar-refractivity contribution in [2.24, 2.45) is 0 Å². The Balaban J connectivity index is 1.53. The zero-order valence-corrected chi connectivity index (χ0v) is 22.7. The quantitative estimate of drug-likeness (QED) is 0.386. The molecule has 4 heterocycles. The molecule has 2 saturated heterocycles. The topological polar surface area (TPSA) is 32.8 Å². The van der Waals surface area contributed by atoms with Crippen LogP contribution >= 0.6 is 0 Å². The molecule has 3 aromatic carbocycles. The van der Waals surface area contributed by atoms with E-state index < -0.39 is 13.7 Å². The fourth-order valence-electron chi connectivity index (χ4n) is 6.58. The Morgan fingerprint density at radius 1 is 0.778 bits per heavy atom. The summed E-state index contributed by atoms with van der Waals surface area (Å²) in [4.78, 5) is 18.4. The first-order valence-corrected chi connectivity index (χ1v) is 16.5. The second-order valence-electron chi connectivity index (χ2n) is 11.8. The van der Waals surface area contributed by atoms with Crippen molar-refractivity contribution in [2.75, 3.05) is 36.0 Å². The van der Waals surface area contributed by atoms with Crippen LogP contribution in [0, 0.1) is 0 Å². The Morgan fingerprint density at radius 2 is 1.33 bits per heavy atom. The van der Waals surface area contributed by atoms with Crippen LogP contribution in [0.4, 0.5) is 11.4 Å². The van der Waals surface area contributed by atoms with E-state index in [1.165, 1.54) is 51.3 Å². The molecule has 185 valence electrons. The van der Waals surface area contributed by atoms with Crippen LogP contribution in [0.5, 0.6) is 0 Å². The van der Waals surface area contributed by atoms with Crippen molar-refractivity contribution in [3.63, 3.8) is 0 Å². The van der Waals surface area contributed by atoms with E-state index in [0.29, 0.717) is 11.5 Å². The highest BCUT2D eigenvalue weighted by molar-refractivity contribution is 7.01. The van der Waals surface area contributed by atoms with Gasteiger partial charge in [0.15, 0.2) is 5.60 Å². The van der Waals surface area contributed by atoms with E-state index in [0.717, 1.165) is 31.7 Å². The predicted molar refractivity (Wildman–Crippen MR) is 149 cm³/mol. The summed E-state index contributed by atoms with van der Waals surface area (Å²) < 4.78 is 6.58. The third kappa shape index (κ3) is 2.83. The molecule has 1 spiro atoms. The molecule has 0 amide bonds. The van der Waals surface area contributed by atoms with Gasteiger partial charge in [0.05, 0.1) is 5.56 Å². The summed E-state index contributed by atoms with van der Waals surface area (Å²) in [7, 11) is -2.08. The number of anilines is 2. The number of benzene rings is 3. The largest absolute Gasteiger partial charge is 0.441 e.